The largest absolute Gasteiger partial charge is 0.481 e. The number of carbonyl (C=O) groups is 1. The number of aliphatic carboxylic acids is 1. The van der Waals surface area contributed by atoms with Gasteiger partial charge in [0.1, 0.15) is 6.33 Å². The lowest BCUT2D eigenvalue weighted by atomic mass is 9.97. The number of carboxylic acids is 1. The number of aromatic nitrogens is 2. The van der Waals surface area contributed by atoms with E-state index in [0.717, 1.165) is 0 Å². The molecule has 1 aromatic heterocycles. The van der Waals surface area contributed by atoms with Crippen LogP contribution in [0.2, 0.25) is 10.0 Å². The van der Waals surface area contributed by atoms with E-state index in [0.29, 0.717) is 41.7 Å². The number of rotatable bonds is 5. The number of benzene rings is 1. The van der Waals surface area contributed by atoms with E-state index in [1.165, 1.54) is 6.33 Å². The molecular formula is C16H15Cl2N5O4. The molecule has 1 aliphatic rings. The van der Waals surface area contributed by atoms with Crippen LogP contribution < -0.4 is 10.2 Å². The van der Waals surface area contributed by atoms with Gasteiger partial charge in [-0.3, -0.25) is 14.9 Å². The van der Waals surface area contributed by atoms with Crippen LogP contribution in [0.5, 0.6) is 0 Å². The summed E-state index contributed by atoms with van der Waals surface area (Å²) >= 11 is 11.9. The van der Waals surface area contributed by atoms with Gasteiger partial charge >= 0.3 is 11.7 Å². The second kappa shape index (κ2) is 7.93. The number of hydrogen-bond acceptors (Lipinski definition) is 7. The van der Waals surface area contributed by atoms with E-state index in [9.17, 15) is 14.9 Å². The zero-order valence-corrected chi connectivity index (χ0v) is 15.4. The fraction of sp³-hybridized carbons (Fsp3) is 0.312. The Bertz CT molecular complexity index is 867. The first-order chi connectivity index (χ1) is 12.8. The van der Waals surface area contributed by atoms with Crippen LogP contribution in [-0.2, 0) is 4.79 Å². The number of halogens is 2. The SMILES string of the molecule is O=C(O)C1CCN(c2ncnc(Nc3cc(Cl)cc(Cl)c3)c2[N+](=O)[O-])CC1. The van der Waals surface area contributed by atoms with Crippen molar-refractivity contribution in [1.82, 2.24) is 9.97 Å². The summed E-state index contributed by atoms with van der Waals surface area (Å²) in [5.41, 5.74) is 0.159. The number of anilines is 3. The topological polar surface area (TPSA) is 121 Å². The van der Waals surface area contributed by atoms with Crippen molar-refractivity contribution in [1.29, 1.82) is 0 Å². The van der Waals surface area contributed by atoms with Gasteiger partial charge in [-0.05, 0) is 31.0 Å². The molecule has 11 heteroatoms. The van der Waals surface area contributed by atoms with E-state index in [1.54, 1.807) is 23.1 Å². The van der Waals surface area contributed by atoms with Crippen molar-refractivity contribution in [2.75, 3.05) is 23.3 Å². The van der Waals surface area contributed by atoms with Gasteiger partial charge in [-0.2, -0.15) is 0 Å². The zero-order chi connectivity index (χ0) is 19.6. The molecule has 1 aromatic carbocycles. The summed E-state index contributed by atoms with van der Waals surface area (Å²) < 4.78 is 0. The molecule has 0 atom stereocenters. The van der Waals surface area contributed by atoms with Crippen LogP contribution in [0.4, 0.5) is 23.0 Å². The fourth-order valence-corrected chi connectivity index (χ4v) is 3.49. The van der Waals surface area contributed by atoms with Crippen LogP contribution >= 0.6 is 23.2 Å². The zero-order valence-electron chi connectivity index (χ0n) is 13.9. The Morgan fingerprint density at radius 3 is 2.41 bits per heavy atom. The molecule has 1 saturated heterocycles. The molecule has 0 amide bonds. The van der Waals surface area contributed by atoms with E-state index in [1.807, 2.05) is 0 Å². The van der Waals surface area contributed by atoms with Gasteiger partial charge in [0.05, 0.1) is 10.8 Å². The van der Waals surface area contributed by atoms with Crippen LogP contribution in [0.1, 0.15) is 12.8 Å². The standard InChI is InChI=1S/C16H15Cl2N5O4/c17-10-5-11(18)7-12(6-10)21-14-13(23(26)27)15(20-8-19-14)22-3-1-9(2-4-22)16(24)25/h5-9H,1-4H2,(H,24,25)(H,19,20,21). The molecule has 2 N–H and O–H groups in total. The van der Waals surface area contributed by atoms with Crippen molar-refractivity contribution >= 4 is 52.2 Å². The van der Waals surface area contributed by atoms with E-state index in [2.05, 4.69) is 15.3 Å². The highest BCUT2D eigenvalue weighted by Crippen LogP contribution is 2.36. The highest BCUT2D eigenvalue weighted by atomic mass is 35.5. The second-order valence-electron chi connectivity index (χ2n) is 6.03. The molecule has 142 valence electrons. The van der Waals surface area contributed by atoms with Crippen LogP contribution in [0.15, 0.2) is 24.5 Å². The molecule has 0 spiro atoms. The van der Waals surface area contributed by atoms with Crippen LogP contribution in [-0.4, -0.2) is 39.1 Å². The van der Waals surface area contributed by atoms with Crippen molar-refractivity contribution in [2.45, 2.75) is 12.8 Å². The third-order valence-electron chi connectivity index (χ3n) is 4.25. The molecule has 0 unspecified atom stereocenters. The minimum absolute atomic E-state index is 0.00342. The van der Waals surface area contributed by atoms with Gasteiger partial charge in [-0.15, -0.1) is 0 Å². The lowest BCUT2D eigenvalue weighted by Crippen LogP contribution is -2.37. The minimum Gasteiger partial charge on any atom is -0.481 e. The number of hydrogen-bond donors (Lipinski definition) is 2. The molecule has 27 heavy (non-hydrogen) atoms. The molecule has 1 aliphatic heterocycles. The average Bonchev–Trinajstić information content (AvgIpc) is 2.60. The van der Waals surface area contributed by atoms with Crippen molar-refractivity contribution < 1.29 is 14.8 Å². The normalized spacial score (nSPS) is 14.8. The minimum atomic E-state index is -0.855. The van der Waals surface area contributed by atoms with Crippen LogP contribution in [0, 0.1) is 16.0 Å². The summed E-state index contributed by atoms with van der Waals surface area (Å²) in [4.78, 5) is 32.0. The molecule has 2 heterocycles. The Morgan fingerprint density at radius 2 is 1.85 bits per heavy atom. The van der Waals surface area contributed by atoms with Crippen molar-refractivity contribution in [3.63, 3.8) is 0 Å². The van der Waals surface area contributed by atoms with Crippen LogP contribution in [0.3, 0.4) is 0 Å². The highest BCUT2D eigenvalue weighted by Gasteiger charge is 2.31. The van der Waals surface area contributed by atoms with Gasteiger partial charge in [0.15, 0.2) is 0 Å². The van der Waals surface area contributed by atoms with Gasteiger partial charge in [0, 0.05) is 28.8 Å². The Kier molecular flexibility index (Phi) is 5.62. The average molecular weight is 412 g/mol. The van der Waals surface area contributed by atoms with Gasteiger partial charge in [0.2, 0.25) is 11.6 Å². The third-order valence-corrected chi connectivity index (χ3v) is 4.69. The predicted molar refractivity (Wildman–Crippen MR) is 101 cm³/mol. The van der Waals surface area contributed by atoms with Crippen molar-refractivity contribution in [3.05, 3.63) is 44.7 Å². The Balaban J connectivity index is 1.91. The first-order valence-electron chi connectivity index (χ1n) is 8.05. The second-order valence-corrected chi connectivity index (χ2v) is 6.91. The number of nitrogens with one attached hydrogen (secondary N) is 1. The lowest BCUT2D eigenvalue weighted by Gasteiger charge is -2.30. The Hall–Kier alpha value is -2.65. The maximum atomic E-state index is 11.7. The summed E-state index contributed by atoms with van der Waals surface area (Å²) in [5, 5.41) is 24.4. The molecule has 0 saturated carbocycles. The first kappa shape index (κ1) is 19.1. The van der Waals surface area contributed by atoms with Gasteiger partial charge in [0.25, 0.3) is 0 Å². The van der Waals surface area contributed by atoms with Crippen molar-refractivity contribution in [3.8, 4) is 0 Å². The maximum absolute atomic E-state index is 11.7. The van der Waals surface area contributed by atoms with Gasteiger partial charge in [-0.25, -0.2) is 9.97 Å². The quantitative estimate of drug-likeness (QED) is 0.563. The van der Waals surface area contributed by atoms with E-state index >= 15 is 0 Å². The Labute approximate surface area is 164 Å². The third kappa shape index (κ3) is 4.37. The van der Waals surface area contributed by atoms with Crippen molar-refractivity contribution in [2.24, 2.45) is 5.92 Å². The predicted octanol–water partition coefficient (Wildman–Crippen LogP) is 3.74. The molecule has 9 nitrogen and oxygen atoms in total. The first-order valence-corrected chi connectivity index (χ1v) is 8.81. The molecule has 0 bridgehead atoms. The molecule has 0 aliphatic carbocycles. The summed E-state index contributed by atoms with van der Waals surface area (Å²) in [6, 6.07) is 4.68. The number of carboxylic acid groups (broad SMARTS) is 1. The molecular weight excluding hydrogens is 397 g/mol. The van der Waals surface area contributed by atoms with Gasteiger partial charge < -0.3 is 15.3 Å². The molecule has 1 fully saturated rings. The fourth-order valence-electron chi connectivity index (χ4n) is 2.96. The number of nitrogens with zero attached hydrogens (tertiary/aromatic N) is 4. The molecule has 3 rings (SSSR count). The molecule has 2 aromatic rings. The summed E-state index contributed by atoms with van der Waals surface area (Å²) in [5.74, 6) is -1.15. The molecule has 0 radical (unpaired) electrons. The van der Waals surface area contributed by atoms with E-state index in [-0.39, 0.29) is 17.3 Å². The van der Waals surface area contributed by atoms with E-state index in [4.69, 9.17) is 28.3 Å². The summed E-state index contributed by atoms with van der Waals surface area (Å²) in [6.07, 6.45) is 2.01. The Morgan fingerprint density at radius 1 is 1.22 bits per heavy atom. The number of piperidine rings is 1. The van der Waals surface area contributed by atoms with Crippen LogP contribution in [0.25, 0.3) is 0 Å². The lowest BCUT2D eigenvalue weighted by molar-refractivity contribution is -0.383. The highest BCUT2D eigenvalue weighted by molar-refractivity contribution is 6.35. The monoisotopic (exact) mass is 411 g/mol. The number of nitro groups is 1. The summed E-state index contributed by atoms with van der Waals surface area (Å²) in [6.45, 7) is 0.717. The van der Waals surface area contributed by atoms with E-state index < -0.39 is 16.8 Å². The summed E-state index contributed by atoms with van der Waals surface area (Å²) in [7, 11) is 0. The van der Waals surface area contributed by atoms with Gasteiger partial charge in [-0.1, -0.05) is 23.2 Å². The maximum Gasteiger partial charge on any atom is 0.353 e. The smallest absolute Gasteiger partial charge is 0.353 e.